The number of anilines is 5. The Balaban J connectivity index is 0.000000220. The van der Waals surface area contributed by atoms with Crippen LogP contribution in [0.1, 0.15) is 86.8 Å². The Hall–Kier alpha value is -4.80. The van der Waals surface area contributed by atoms with Crippen LogP contribution in [0.15, 0.2) is 119 Å². The molecular weight excluding hydrogens is 855 g/mol. The zero-order valence-electron chi connectivity index (χ0n) is 43.2. The zero-order chi connectivity index (χ0) is 48.8. The number of aryl methyl sites for hydroxylation is 1. The molecule has 0 fully saturated rings. The van der Waals surface area contributed by atoms with Gasteiger partial charge in [-0.15, -0.1) is 23.5 Å². The molecule has 0 aliphatic carbocycles. The molecule has 2 aliphatic rings. The van der Waals surface area contributed by atoms with Crippen LogP contribution in [0.2, 0.25) is 0 Å². The van der Waals surface area contributed by atoms with Crippen LogP contribution in [0.25, 0.3) is 0 Å². The zero-order valence-corrected chi connectivity index (χ0v) is 44.8. The van der Waals surface area contributed by atoms with Crippen molar-refractivity contribution in [1.29, 1.82) is 0 Å². The first-order chi connectivity index (χ1) is 31.5. The highest BCUT2D eigenvalue weighted by Crippen LogP contribution is 2.32. The lowest BCUT2D eigenvalue weighted by atomic mass is 10.0. The summed E-state index contributed by atoms with van der Waals surface area (Å²) in [5, 5.41) is 6.65. The average Bonchev–Trinajstić information content (AvgIpc) is 3.80. The highest BCUT2D eigenvalue weighted by atomic mass is 32.2. The van der Waals surface area contributed by atoms with Gasteiger partial charge in [-0.1, -0.05) is 0 Å². The molecule has 0 unspecified atom stereocenters. The second kappa shape index (κ2) is 29.1. The fourth-order valence-corrected chi connectivity index (χ4v) is 7.93. The van der Waals surface area contributed by atoms with E-state index in [2.05, 4.69) is 206 Å². The second-order valence-corrected chi connectivity index (χ2v) is 19.7. The quantitative estimate of drug-likeness (QED) is 0.112. The summed E-state index contributed by atoms with van der Waals surface area (Å²) < 4.78 is 15.8. The number of thioether (sulfide) groups is 2. The summed E-state index contributed by atoms with van der Waals surface area (Å²) >= 11 is 3.55. The third-order valence-electron chi connectivity index (χ3n) is 11.3. The summed E-state index contributed by atoms with van der Waals surface area (Å²) in [7, 11) is 7.65. The molecule has 0 spiro atoms. The molecule has 0 saturated heterocycles. The maximum absolute atomic E-state index is 5.48. The van der Waals surface area contributed by atoms with E-state index in [0.29, 0.717) is 30.2 Å². The lowest BCUT2D eigenvalue weighted by Gasteiger charge is -2.34. The Bertz CT molecular complexity index is 2040. The van der Waals surface area contributed by atoms with Gasteiger partial charge in [0, 0.05) is 95.5 Å². The minimum Gasteiger partial charge on any atom is -0.497 e. The van der Waals surface area contributed by atoms with Gasteiger partial charge in [0.15, 0.2) is 0 Å². The van der Waals surface area contributed by atoms with Crippen molar-refractivity contribution in [2.45, 2.75) is 129 Å². The van der Waals surface area contributed by atoms with Crippen LogP contribution < -0.4 is 39.5 Å². The predicted octanol–water partition coefficient (Wildman–Crippen LogP) is 14.3. The molecule has 0 bridgehead atoms. The molecule has 0 radical (unpaired) electrons. The van der Waals surface area contributed by atoms with Gasteiger partial charge in [0.05, 0.1) is 20.8 Å². The van der Waals surface area contributed by atoms with Gasteiger partial charge in [-0.05, 0) is 215 Å². The van der Waals surface area contributed by atoms with E-state index in [9.17, 15) is 0 Å². The van der Waals surface area contributed by atoms with E-state index < -0.39 is 0 Å². The van der Waals surface area contributed by atoms with Gasteiger partial charge in [-0.25, -0.2) is 0 Å². The van der Waals surface area contributed by atoms with E-state index in [4.69, 9.17) is 14.2 Å². The van der Waals surface area contributed by atoms with Crippen LogP contribution in [-0.2, 0) is 12.8 Å². The van der Waals surface area contributed by atoms with Crippen LogP contribution in [0, 0.1) is 0 Å². The summed E-state index contributed by atoms with van der Waals surface area (Å²) in [6.07, 6.45) is 7.66. The summed E-state index contributed by atoms with van der Waals surface area (Å²) in [6, 6.07) is 40.6. The largest absolute Gasteiger partial charge is 0.497 e. The summed E-state index contributed by atoms with van der Waals surface area (Å²) in [6.45, 7) is 23.8. The van der Waals surface area contributed by atoms with E-state index in [-0.39, 0.29) is 0 Å². The molecule has 7 rings (SSSR count). The molecule has 2 aliphatic heterocycles. The molecule has 66 heavy (non-hydrogen) atoms. The molecule has 5 aromatic rings. The Kier molecular flexibility index (Phi) is 24.5. The number of rotatable bonds is 13. The van der Waals surface area contributed by atoms with Crippen LogP contribution in [-0.4, -0.2) is 84.2 Å². The van der Waals surface area contributed by atoms with Crippen molar-refractivity contribution in [3.05, 3.63) is 120 Å². The molecule has 0 amide bonds. The molecule has 2 N–H and O–H groups in total. The molecule has 2 heterocycles. The Morgan fingerprint density at radius 3 is 1.53 bits per heavy atom. The van der Waals surface area contributed by atoms with Gasteiger partial charge in [0.1, 0.15) is 17.2 Å². The highest BCUT2D eigenvalue weighted by molar-refractivity contribution is 7.98. The first kappa shape index (κ1) is 55.5. The maximum atomic E-state index is 5.48. The van der Waals surface area contributed by atoms with Crippen molar-refractivity contribution in [3.8, 4) is 17.2 Å². The number of ether oxygens (including phenoxy) is 3. The predicted molar refractivity (Wildman–Crippen MR) is 293 cm³/mol. The molecule has 0 aromatic heterocycles. The fourth-order valence-electron chi connectivity index (χ4n) is 7.11. The number of benzene rings is 5. The van der Waals surface area contributed by atoms with Crippen LogP contribution >= 0.6 is 23.5 Å². The van der Waals surface area contributed by atoms with Gasteiger partial charge >= 0.3 is 0 Å². The number of methoxy groups -OCH3 is 2. The third kappa shape index (κ3) is 18.8. The van der Waals surface area contributed by atoms with E-state index in [1.165, 1.54) is 63.1 Å². The van der Waals surface area contributed by atoms with E-state index in [0.717, 1.165) is 36.0 Å². The maximum Gasteiger partial charge on any atom is 0.122 e. The smallest absolute Gasteiger partial charge is 0.122 e. The first-order valence-electron chi connectivity index (χ1n) is 23.6. The topological polar surface area (TPSA) is 61.5 Å². The van der Waals surface area contributed by atoms with Gasteiger partial charge in [0.25, 0.3) is 0 Å². The summed E-state index contributed by atoms with van der Waals surface area (Å²) in [5.41, 5.74) is 9.05. The van der Waals surface area contributed by atoms with Crippen molar-refractivity contribution in [3.63, 3.8) is 0 Å². The Morgan fingerprint density at radius 1 is 0.561 bits per heavy atom. The summed E-state index contributed by atoms with van der Waals surface area (Å²) in [4.78, 5) is 9.64. The number of hydrogen-bond acceptors (Lipinski definition) is 10. The van der Waals surface area contributed by atoms with Crippen molar-refractivity contribution >= 4 is 52.0 Å². The Morgan fingerprint density at radius 2 is 1.05 bits per heavy atom. The standard InChI is InChI=1S/C13H19NO.C12H17NO.C11H17NS.C10H15NO.C10H15NS/c1-10(2)14-8-4-5-11-9-12(15-3)6-7-13(11)14;1-9(2)13(3)11-4-5-12-10(8-11)6-7-14-12;1-9(2)12(3)10-5-7-11(13-4)8-6-10;2*1-8(2)11-9-4-6-10(12-3)7-5-9/h6-7,9-10H,4-5,8H2,1-3H3;4-5,8-9H,6-7H2,1-3H3;5-9H,1-4H3;2*4-8,11H,1-3H3. The van der Waals surface area contributed by atoms with Crippen LogP contribution in [0.4, 0.5) is 28.4 Å². The third-order valence-corrected chi connectivity index (χ3v) is 12.8. The van der Waals surface area contributed by atoms with Gasteiger partial charge in [0.2, 0.25) is 0 Å². The summed E-state index contributed by atoms with van der Waals surface area (Å²) in [5.74, 6) is 2.93. The van der Waals surface area contributed by atoms with Crippen molar-refractivity contribution in [2.75, 3.05) is 79.3 Å². The number of nitrogens with zero attached hydrogens (tertiary/aromatic N) is 3. The molecule has 10 heteroatoms. The SMILES string of the molecule is CC(C)N(C)c1ccc2c(c1)CCO2.COc1ccc(NC(C)C)cc1.COc1ccc2c(c1)CCCN2C(C)C.CSc1ccc(N(C)C(C)C)cc1.CSc1ccc(NC(C)C)cc1. The molecule has 5 aromatic carbocycles. The van der Waals surface area contributed by atoms with E-state index >= 15 is 0 Å². The molecule has 0 saturated carbocycles. The minimum absolute atomic E-state index is 0.471. The van der Waals surface area contributed by atoms with Gasteiger partial charge in [-0.3, -0.25) is 0 Å². The lowest BCUT2D eigenvalue weighted by Crippen LogP contribution is -2.35. The Labute approximate surface area is 409 Å². The van der Waals surface area contributed by atoms with E-state index in [1.807, 2.05) is 24.3 Å². The molecule has 8 nitrogen and oxygen atoms in total. The van der Waals surface area contributed by atoms with Crippen molar-refractivity contribution in [2.24, 2.45) is 0 Å². The lowest BCUT2D eigenvalue weighted by molar-refractivity contribution is 0.357. The van der Waals surface area contributed by atoms with Crippen molar-refractivity contribution in [1.82, 2.24) is 0 Å². The van der Waals surface area contributed by atoms with Gasteiger partial charge in [-0.2, -0.15) is 0 Å². The monoisotopic (exact) mass is 938 g/mol. The van der Waals surface area contributed by atoms with E-state index in [1.54, 1.807) is 37.7 Å². The van der Waals surface area contributed by atoms with Crippen molar-refractivity contribution < 1.29 is 14.2 Å². The minimum atomic E-state index is 0.471. The number of nitrogens with one attached hydrogen (secondary N) is 2. The fraction of sp³-hybridized carbons (Fsp3) is 0.464. The highest BCUT2D eigenvalue weighted by Gasteiger charge is 2.19. The number of hydrogen-bond donors (Lipinski definition) is 2. The van der Waals surface area contributed by atoms with Crippen LogP contribution in [0.5, 0.6) is 17.2 Å². The average molecular weight is 938 g/mol. The molecular formula is C56H83N5O3S2. The van der Waals surface area contributed by atoms with Crippen LogP contribution in [0.3, 0.4) is 0 Å². The normalized spacial score (nSPS) is 12.2. The number of fused-ring (bicyclic) bond motifs is 2. The molecule has 0 atom stereocenters. The first-order valence-corrected chi connectivity index (χ1v) is 26.0. The second-order valence-electron chi connectivity index (χ2n) is 17.9. The molecule has 362 valence electrons. The van der Waals surface area contributed by atoms with Gasteiger partial charge < -0.3 is 39.5 Å².